The Labute approximate surface area is 158 Å². The fourth-order valence-corrected chi connectivity index (χ4v) is 4.06. The SMILES string of the molecule is CCSc1nc2c(c(-c3cc(OC)ccc3OC)c1C#N)CN(C)CC2. The number of fused-ring (bicyclic) bond motifs is 1. The van der Waals surface area contributed by atoms with Crippen molar-refractivity contribution in [1.82, 2.24) is 9.88 Å². The van der Waals surface area contributed by atoms with Gasteiger partial charge in [0.15, 0.2) is 0 Å². The van der Waals surface area contributed by atoms with Crippen molar-refractivity contribution in [3.8, 4) is 28.7 Å². The van der Waals surface area contributed by atoms with E-state index in [9.17, 15) is 5.26 Å². The maximum Gasteiger partial charge on any atom is 0.127 e. The van der Waals surface area contributed by atoms with Gasteiger partial charge in [0, 0.05) is 36.3 Å². The summed E-state index contributed by atoms with van der Waals surface area (Å²) in [6.07, 6.45) is 0.883. The third-order valence-electron chi connectivity index (χ3n) is 4.58. The average Bonchev–Trinajstić information content (AvgIpc) is 2.66. The van der Waals surface area contributed by atoms with Crippen LogP contribution in [0.5, 0.6) is 11.5 Å². The number of rotatable bonds is 5. The van der Waals surface area contributed by atoms with Gasteiger partial charge in [-0.25, -0.2) is 4.98 Å². The standard InChI is InChI=1S/C20H23N3O2S/c1-5-26-20-15(11-21)19(16-12-23(2)9-8-17(16)22-20)14-10-13(24-3)6-7-18(14)25-4/h6-7,10H,5,8-9,12H2,1-4H3. The molecule has 0 spiro atoms. The zero-order valence-electron chi connectivity index (χ0n) is 15.6. The van der Waals surface area contributed by atoms with Gasteiger partial charge in [-0.15, -0.1) is 11.8 Å². The monoisotopic (exact) mass is 369 g/mol. The predicted octanol–water partition coefficient (Wildman–Crippen LogP) is 3.74. The molecule has 1 aliphatic heterocycles. The molecule has 5 nitrogen and oxygen atoms in total. The van der Waals surface area contributed by atoms with Gasteiger partial charge in [0.1, 0.15) is 22.6 Å². The second-order valence-corrected chi connectivity index (χ2v) is 7.44. The fraction of sp³-hybridized carbons (Fsp3) is 0.400. The van der Waals surface area contributed by atoms with E-state index in [0.29, 0.717) is 5.56 Å². The third-order valence-corrected chi connectivity index (χ3v) is 5.44. The van der Waals surface area contributed by atoms with Gasteiger partial charge in [-0.2, -0.15) is 5.26 Å². The van der Waals surface area contributed by atoms with Crippen molar-refractivity contribution in [3.63, 3.8) is 0 Å². The molecule has 0 fully saturated rings. The number of likely N-dealkylation sites (N-methyl/N-ethyl adjacent to an activating group) is 1. The second kappa shape index (κ2) is 7.98. The van der Waals surface area contributed by atoms with Crippen LogP contribution in [0.3, 0.4) is 0 Å². The van der Waals surface area contributed by atoms with Crippen LogP contribution in [-0.2, 0) is 13.0 Å². The van der Waals surface area contributed by atoms with E-state index in [1.54, 1.807) is 26.0 Å². The van der Waals surface area contributed by atoms with Crippen LogP contribution in [0.25, 0.3) is 11.1 Å². The van der Waals surface area contributed by atoms with E-state index in [1.807, 2.05) is 18.2 Å². The maximum atomic E-state index is 9.96. The van der Waals surface area contributed by atoms with Crippen molar-refractivity contribution in [2.45, 2.75) is 24.9 Å². The summed E-state index contributed by atoms with van der Waals surface area (Å²) in [5, 5.41) is 10.8. The van der Waals surface area contributed by atoms with Crippen LogP contribution >= 0.6 is 11.8 Å². The highest BCUT2D eigenvalue weighted by Crippen LogP contribution is 2.42. The Morgan fingerprint density at radius 3 is 2.77 bits per heavy atom. The lowest BCUT2D eigenvalue weighted by Crippen LogP contribution is -2.28. The normalized spacial score (nSPS) is 13.8. The molecule has 0 amide bonds. The Bertz CT molecular complexity index is 861. The van der Waals surface area contributed by atoms with Crippen molar-refractivity contribution in [3.05, 3.63) is 35.0 Å². The topological polar surface area (TPSA) is 58.4 Å². The molecular formula is C20H23N3O2S. The van der Waals surface area contributed by atoms with Gasteiger partial charge in [-0.3, -0.25) is 0 Å². The summed E-state index contributed by atoms with van der Waals surface area (Å²) in [7, 11) is 5.39. The van der Waals surface area contributed by atoms with E-state index >= 15 is 0 Å². The van der Waals surface area contributed by atoms with Gasteiger partial charge < -0.3 is 14.4 Å². The Balaban J connectivity index is 2.35. The molecule has 0 N–H and O–H groups in total. The first kappa shape index (κ1) is 18.6. The summed E-state index contributed by atoms with van der Waals surface area (Å²) < 4.78 is 11.0. The number of nitriles is 1. The van der Waals surface area contributed by atoms with Crippen molar-refractivity contribution in [2.24, 2.45) is 0 Å². The number of benzene rings is 1. The lowest BCUT2D eigenvalue weighted by Gasteiger charge is -2.28. The molecule has 0 aliphatic carbocycles. The molecule has 3 rings (SSSR count). The molecule has 0 atom stereocenters. The molecule has 0 unspecified atom stereocenters. The van der Waals surface area contributed by atoms with Gasteiger partial charge in [0.2, 0.25) is 0 Å². The Kier molecular flexibility index (Phi) is 5.70. The number of thioether (sulfide) groups is 1. The Morgan fingerprint density at radius 2 is 2.12 bits per heavy atom. The van der Waals surface area contributed by atoms with Crippen molar-refractivity contribution >= 4 is 11.8 Å². The lowest BCUT2D eigenvalue weighted by molar-refractivity contribution is 0.309. The van der Waals surface area contributed by atoms with E-state index in [4.69, 9.17) is 14.5 Å². The van der Waals surface area contributed by atoms with Gasteiger partial charge in [0.05, 0.1) is 19.8 Å². The summed E-state index contributed by atoms with van der Waals surface area (Å²) in [6.45, 7) is 3.81. The number of hydrogen-bond acceptors (Lipinski definition) is 6. The molecule has 0 radical (unpaired) electrons. The van der Waals surface area contributed by atoms with Gasteiger partial charge in [0.25, 0.3) is 0 Å². The second-order valence-electron chi connectivity index (χ2n) is 6.19. The summed E-state index contributed by atoms with van der Waals surface area (Å²) in [4.78, 5) is 7.09. The van der Waals surface area contributed by atoms with Crippen LogP contribution in [-0.4, -0.2) is 43.4 Å². The van der Waals surface area contributed by atoms with Crippen molar-refractivity contribution < 1.29 is 9.47 Å². The Hall–Kier alpha value is -2.23. The molecule has 6 heteroatoms. The average molecular weight is 369 g/mol. The third kappa shape index (κ3) is 3.37. The van der Waals surface area contributed by atoms with Crippen LogP contribution in [0, 0.1) is 11.3 Å². The van der Waals surface area contributed by atoms with Crippen LogP contribution in [0.2, 0.25) is 0 Å². The highest BCUT2D eigenvalue weighted by Gasteiger charge is 2.26. The largest absolute Gasteiger partial charge is 0.497 e. The van der Waals surface area contributed by atoms with Crippen LogP contribution in [0.15, 0.2) is 23.2 Å². The number of pyridine rings is 1. The molecule has 1 aromatic heterocycles. The van der Waals surface area contributed by atoms with Gasteiger partial charge >= 0.3 is 0 Å². The lowest BCUT2D eigenvalue weighted by atomic mass is 9.91. The maximum absolute atomic E-state index is 9.96. The minimum absolute atomic E-state index is 0.623. The summed E-state index contributed by atoms with van der Waals surface area (Å²) >= 11 is 1.61. The minimum atomic E-state index is 0.623. The number of methoxy groups -OCH3 is 2. The van der Waals surface area contributed by atoms with Crippen LogP contribution < -0.4 is 9.47 Å². The molecule has 2 aromatic rings. The Morgan fingerprint density at radius 1 is 1.31 bits per heavy atom. The quantitative estimate of drug-likeness (QED) is 0.749. The first-order valence-electron chi connectivity index (χ1n) is 8.62. The number of aromatic nitrogens is 1. The van der Waals surface area contributed by atoms with E-state index in [2.05, 4.69) is 24.9 Å². The van der Waals surface area contributed by atoms with Crippen molar-refractivity contribution in [1.29, 1.82) is 5.26 Å². The first-order valence-corrected chi connectivity index (χ1v) is 9.61. The molecule has 0 saturated heterocycles. The van der Waals surface area contributed by atoms with E-state index in [0.717, 1.165) is 64.2 Å². The fourth-order valence-electron chi connectivity index (χ4n) is 3.32. The zero-order chi connectivity index (χ0) is 18.7. The van der Waals surface area contributed by atoms with E-state index < -0.39 is 0 Å². The molecule has 1 aromatic carbocycles. The van der Waals surface area contributed by atoms with Crippen molar-refractivity contribution in [2.75, 3.05) is 33.6 Å². The molecule has 2 heterocycles. The molecule has 26 heavy (non-hydrogen) atoms. The number of nitrogens with zero attached hydrogens (tertiary/aromatic N) is 3. The van der Waals surface area contributed by atoms with Gasteiger partial charge in [-0.1, -0.05) is 6.92 Å². The molecule has 136 valence electrons. The van der Waals surface area contributed by atoms with E-state index in [1.165, 1.54) is 0 Å². The van der Waals surface area contributed by atoms with Crippen LogP contribution in [0.1, 0.15) is 23.7 Å². The van der Waals surface area contributed by atoms with Gasteiger partial charge in [-0.05, 0) is 36.6 Å². The molecule has 0 saturated carbocycles. The summed E-state index contributed by atoms with van der Waals surface area (Å²) in [6, 6.07) is 8.11. The zero-order valence-corrected chi connectivity index (χ0v) is 16.4. The summed E-state index contributed by atoms with van der Waals surface area (Å²) in [5.74, 6) is 2.34. The highest BCUT2D eigenvalue weighted by molar-refractivity contribution is 7.99. The molecular weight excluding hydrogens is 346 g/mol. The van der Waals surface area contributed by atoms with Crippen LogP contribution in [0.4, 0.5) is 0 Å². The number of hydrogen-bond donors (Lipinski definition) is 0. The first-order chi connectivity index (χ1) is 12.6. The minimum Gasteiger partial charge on any atom is -0.497 e. The van der Waals surface area contributed by atoms with E-state index in [-0.39, 0.29) is 0 Å². The molecule has 0 bridgehead atoms. The number of ether oxygens (including phenoxy) is 2. The predicted molar refractivity (Wildman–Crippen MR) is 104 cm³/mol. The summed E-state index contributed by atoms with van der Waals surface area (Å²) in [5.41, 5.74) is 4.63. The highest BCUT2D eigenvalue weighted by atomic mass is 32.2. The molecule has 1 aliphatic rings. The smallest absolute Gasteiger partial charge is 0.127 e.